The second kappa shape index (κ2) is 6.55. The molecule has 1 heterocycles. The number of hydrogen-bond acceptors (Lipinski definition) is 4. The van der Waals surface area contributed by atoms with Crippen molar-refractivity contribution < 1.29 is 8.42 Å². The molecule has 1 atom stereocenters. The Morgan fingerprint density at radius 2 is 2.20 bits per heavy atom. The molecule has 1 saturated heterocycles. The van der Waals surface area contributed by atoms with Crippen molar-refractivity contribution >= 4 is 21.6 Å². The monoisotopic (exact) mass is 313 g/mol. The Bertz CT molecular complexity index is 617. The lowest BCUT2D eigenvalue weighted by Gasteiger charge is -2.17. The van der Waals surface area contributed by atoms with E-state index in [1.807, 2.05) is 6.07 Å². The van der Waals surface area contributed by atoms with Crippen LogP contribution in [0, 0.1) is 11.3 Å². The zero-order valence-electron chi connectivity index (χ0n) is 10.9. The van der Waals surface area contributed by atoms with E-state index in [4.69, 9.17) is 16.9 Å². The Balaban J connectivity index is 2.26. The van der Waals surface area contributed by atoms with Gasteiger partial charge in [0.25, 0.3) is 0 Å². The van der Waals surface area contributed by atoms with Crippen LogP contribution < -0.4 is 10.0 Å². The van der Waals surface area contributed by atoms with Crippen molar-refractivity contribution in [2.24, 2.45) is 0 Å². The van der Waals surface area contributed by atoms with Crippen molar-refractivity contribution in [3.8, 4) is 6.07 Å². The first-order valence-electron chi connectivity index (χ1n) is 6.45. The first-order valence-corrected chi connectivity index (χ1v) is 8.32. The zero-order chi connectivity index (χ0) is 14.6. The molecule has 2 rings (SSSR count). The van der Waals surface area contributed by atoms with Gasteiger partial charge in [0.15, 0.2) is 0 Å². The standard InChI is InChI=1S/C13H16ClN3O2S/c14-11-5-4-10(8-15)13(7-11)20(18,19)17-12-3-1-2-6-16-9-12/h4-5,7,12,16-17H,1-3,6,9H2. The number of rotatable bonds is 3. The van der Waals surface area contributed by atoms with E-state index in [0.717, 1.165) is 25.8 Å². The van der Waals surface area contributed by atoms with Gasteiger partial charge in [-0.15, -0.1) is 0 Å². The van der Waals surface area contributed by atoms with E-state index in [-0.39, 0.29) is 16.5 Å². The third-order valence-electron chi connectivity index (χ3n) is 3.22. The van der Waals surface area contributed by atoms with Crippen molar-refractivity contribution in [1.82, 2.24) is 10.0 Å². The molecular weight excluding hydrogens is 298 g/mol. The fourth-order valence-electron chi connectivity index (χ4n) is 2.21. The predicted octanol–water partition coefficient (Wildman–Crippen LogP) is 1.63. The van der Waals surface area contributed by atoms with Gasteiger partial charge in [0.05, 0.1) is 5.56 Å². The summed E-state index contributed by atoms with van der Waals surface area (Å²) in [6.45, 7) is 1.50. The Hall–Kier alpha value is -1.13. The van der Waals surface area contributed by atoms with Crippen LogP contribution in [0.3, 0.4) is 0 Å². The molecule has 0 bridgehead atoms. The third kappa shape index (κ3) is 3.70. The molecule has 20 heavy (non-hydrogen) atoms. The van der Waals surface area contributed by atoms with Gasteiger partial charge in [-0.1, -0.05) is 18.0 Å². The number of nitrogens with zero attached hydrogens (tertiary/aromatic N) is 1. The van der Waals surface area contributed by atoms with Crippen LogP contribution in [0.4, 0.5) is 0 Å². The Morgan fingerprint density at radius 3 is 2.95 bits per heavy atom. The molecule has 1 aliphatic heterocycles. The molecule has 0 radical (unpaired) electrons. The molecule has 0 spiro atoms. The Labute approximate surface area is 124 Å². The molecule has 108 valence electrons. The molecule has 0 amide bonds. The van der Waals surface area contributed by atoms with E-state index in [1.54, 1.807) is 0 Å². The molecule has 1 aromatic rings. The summed E-state index contributed by atoms with van der Waals surface area (Å²) in [5.74, 6) is 0. The smallest absolute Gasteiger partial charge is 0.242 e. The quantitative estimate of drug-likeness (QED) is 0.888. The highest BCUT2D eigenvalue weighted by Gasteiger charge is 2.23. The SMILES string of the molecule is N#Cc1ccc(Cl)cc1S(=O)(=O)NC1CCCCNC1. The maximum Gasteiger partial charge on any atom is 0.242 e. The van der Waals surface area contributed by atoms with Crippen LogP contribution in [0.2, 0.25) is 5.02 Å². The summed E-state index contributed by atoms with van der Waals surface area (Å²) in [5, 5.41) is 12.5. The summed E-state index contributed by atoms with van der Waals surface area (Å²) in [4.78, 5) is -0.0586. The maximum atomic E-state index is 12.4. The summed E-state index contributed by atoms with van der Waals surface area (Å²) in [6, 6.07) is 5.96. The lowest BCUT2D eigenvalue weighted by atomic mass is 10.2. The highest BCUT2D eigenvalue weighted by atomic mass is 35.5. The van der Waals surface area contributed by atoms with Crippen molar-refractivity contribution in [1.29, 1.82) is 5.26 Å². The van der Waals surface area contributed by atoms with Crippen LogP contribution in [-0.4, -0.2) is 27.5 Å². The lowest BCUT2D eigenvalue weighted by molar-refractivity contribution is 0.521. The minimum absolute atomic E-state index is 0.0586. The minimum Gasteiger partial charge on any atom is -0.315 e. The van der Waals surface area contributed by atoms with Gasteiger partial charge in [-0.25, -0.2) is 13.1 Å². The summed E-state index contributed by atoms with van der Waals surface area (Å²) in [7, 11) is -3.74. The van der Waals surface area contributed by atoms with Crippen LogP contribution >= 0.6 is 11.6 Å². The Morgan fingerprint density at radius 1 is 1.40 bits per heavy atom. The molecule has 1 fully saturated rings. The van der Waals surface area contributed by atoms with E-state index >= 15 is 0 Å². The summed E-state index contributed by atoms with van der Waals surface area (Å²) < 4.78 is 27.4. The predicted molar refractivity (Wildman–Crippen MR) is 77.0 cm³/mol. The van der Waals surface area contributed by atoms with Gasteiger partial charge < -0.3 is 5.32 Å². The van der Waals surface area contributed by atoms with Gasteiger partial charge in [-0.2, -0.15) is 5.26 Å². The number of hydrogen-bond donors (Lipinski definition) is 2. The topological polar surface area (TPSA) is 82.0 Å². The van der Waals surface area contributed by atoms with Crippen molar-refractivity contribution in [3.63, 3.8) is 0 Å². The van der Waals surface area contributed by atoms with Crippen LogP contribution in [0.1, 0.15) is 24.8 Å². The number of benzene rings is 1. The van der Waals surface area contributed by atoms with E-state index in [0.29, 0.717) is 11.6 Å². The fraction of sp³-hybridized carbons (Fsp3) is 0.462. The second-order valence-corrected chi connectivity index (χ2v) is 6.89. The molecule has 0 aromatic heterocycles. The van der Waals surface area contributed by atoms with E-state index < -0.39 is 10.0 Å². The summed E-state index contributed by atoms with van der Waals surface area (Å²) in [5.41, 5.74) is 0.100. The molecule has 1 aliphatic rings. The summed E-state index contributed by atoms with van der Waals surface area (Å²) in [6.07, 6.45) is 2.80. The molecule has 2 N–H and O–H groups in total. The zero-order valence-corrected chi connectivity index (χ0v) is 12.5. The molecule has 5 nitrogen and oxygen atoms in total. The molecule has 0 aliphatic carbocycles. The molecule has 0 saturated carbocycles. The van der Waals surface area contributed by atoms with Gasteiger partial charge >= 0.3 is 0 Å². The third-order valence-corrected chi connectivity index (χ3v) is 5.02. The van der Waals surface area contributed by atoms with Crippen LogP contribution in [0.5, 0.6) is 0 Å². The van der Waals surface area contributed by atoms with Crippen LogP contribution in [0.25, 0.3) is 0 Å². The average molecular weight is 314 g/mol. The largest absolute Gasteiger partial charge is 0.315 e. The molecule has 1 aromatic carbocycles. The van der Waals surface area contributed by atoms with E-state index in [9.17, 15) is 8.42 Å². The first kappa shape index (κ1) is 15.3. The van der Waals surface area contributed by atoms with Gasteiger partial charge in [0.2, 0.25) is 10.0 Å². The first-order chi connectivity index (χ1) is 9.53. The average Bonchev–Trinajstić information content (AvgIpc) is 2.67. The highest BCUT2D eigenvalue weighted by molar-refractivity contribution is 7.89. The van der Waals surface area contributed by atoms with Crippen molar-refractivity contribution in [2.45, 2.75) is 30.2 Å². The molecular formula is C13H16ClN3O2S. The number of sulfonamides is 1. The van der Waals surface area contributed by atoms with Crippen LogP contribution in [-0.2, 0) is 10.0 Å². The maximum absolute atomic E-state index is 12.4. The highest BCUT2D eigenvalue weighted by Crippen LogP contribution is 2.21. The van der Waals surface area contributed by atoms with Crippen LogP contribution in [0.15, 0.2) is 23.1 Å². The Kier molecular flexibility index (Phi) is 5.00. The summed E-state index contributed by atoms with van der Waals surface area (Å²) >= 11 is 5.83. The second-order valence-electron chi connectivity index (χ2n) is 4.77. The van der Waals surface area contributed by atoms with Gasteiger partial charge in [-0.05, 0) is 37.6 Å². The van der Waals surface area contributed by atoms with E-state index in [2.05, 4.69) is 10.0 Å². The minimum atomic E-state index is -3.74. The van der Waals surface area contributed by atoms with Crippen molar-refractivity contribution in [3.05, 3.63) is 28.8 Å². The number of halogens is 1. The van der Waals surface area contributed by atoms with Gasteiger partial charge in [0, 0.05) is 17.6 Å². The van der Waals surface area contributed by atoms with E-state index in [1.165, 1.54) is 18.2 Å². The normalized spacial score (nSPS) is 20.1. The molecule has 7 heteroatoms. The van der Waals surface area contributed by atoms with Crippen molar-refractivity contribution in [2.75, 3.05) is 13.1 Å². The molecule has 1 unspecified atom stereocenters. The fourth-order valence-corrected chi connectivity index (χ4v) is 3.90. The lowest BCUT2D eigenvalue weighted by Crippen LogP contribution is -2.41. The number of nitrogens with one attached hydrogen (secondary N) is 2. The van der Waals surface area contributed by atoms with Gasteiger partial charge in [-0.3, -0.25) is 0 Å². The van der Waals surface area contributed by atoms with Gasteiger partial charge in [0.1, 0.15) is 11.0 Å². The number of nitriles is 1.